The maximum atomic E-state index is 13.8. The number of fused-ring (bicyclic) bond motifs is 1. The lowest BCUT2D eigenvalue weighted by Gasteiger charge is -2.27. The maximum absolute atomic E-state index is 13.8. The van der Waals surface area contributed by atoms with Crippen LogP contribution >= 0.6 is 0 Å². The molecule has 3 atom stereocenters. The van der Waals surface area contributed by atoms with Crippen LogP contribution in [0.4, 0.5) is 5.69 Å². The number of rotatable bonds is 12. The van der Waals surface area contributed by atoms with Crippen LogP contribution in [-0.4, -0.2) is 41.4 Å². The number of benzene rings is 1. The third-order valence-electron chi connectivity index (χ3n) is 6.94. The molecule has 0 spiro atoms. The van der Waals surface area contributed by atoms with E-state index in [2.05, 4.69) is 39.9 Å². The van der Waals surface area contributed by atoms with Crippen molar-refractivity contribution < 1.29 is 14.7 Å². The third-order valence-corrected chi connectivity index (χ3v) is 6.94. The highest BCUT2D eigenvalue weighted by atomic mass is 16.3. The Bertz CT molecular complexity index is 901. The van der Waals surface area contributed by atoms with Gasteiger partial charge in [0, 0.05) is 17.8 Å². The smallest absolute Gasteiger partial charge is 0.272 e. The first-order chi connectivity index (χ1) is 16.6. The van der Waals surface area contributed by atoms with Gasteiger partial charge in [0.15, 0.2) is 0 Å². The molecular weight excluding hydrogens is 438 g/mol. The minimum absolute atomic E-state index is 0.0347. The van der Waals surface area contributed by atoms with E-state index in [4.69, 9.17) is 4.99 Å². The van der Waals surface area contributed by atoms with Crippen molar-refractivity contribution in [1.82, 2.24) is 5.32 Å². The van der Waals surface area contributed by atoms with Crippen molar-refractivity contribution in [1.29, 1.82) is 0 Å². The van der Waals surface area contributed by atoms with Gasteiger partial charge in [0.1, 0.15) is 0 Å². The van der Waals surface area contributed by atoms with Crippen molar-refractivity contribution in [2.45, 2.75) is 105 Å². The van der Waals surface area contributed by atoms with Crippen LogP contribution in [0.25, 0.3) is 0 Å². The summed E-state index contributed by atoms with van der Waals surface area (Å²) in [6, 6.07) is 7.94. The second kappa shape index (κ2) is 12.2. The SMILES string of the molecule is CCCC[C@H](O)[C@@H](CC1CC1)C(=O)N[C@@H]1N=C(CC(C)(C)C)c2ccccc2N(CCCC)C1=O. The lowest BCUT2D eigenvalue weighted by molar-refractivity contribution is -0.133. The van der Waals surface area contributed by atoms with E-state index in [1.54, 1.807) is 4.90 Å². The molecule has 0 bridgehead atoms. The molecule has 1 aromatic rings. The standard InChI is InChI=1S/C29H45N3O3/c1-6-8-14-25(33)22(18-20-15-16-20)27(34)31-26-28(35)32(17-9-7-2)24-13-11-10-12-21(24)23(30-26)19-29(3,4)5/h10-13,20,22,25-26,33H,6-9,14-19H2,1-5H3,(H,31,34)/t22-,25+,26+/m1/s1. The van der Waals surface area contributed by atoms with E-state index in [0.717, 1.165) is 55.5 Å². The van der Waals surface area contributed by atoms with Gasteiger partial charge in [0.25, 0.3) is 5.91 Å². The number of amides is 2. The molecule has 194 valence electrons. The number of nitrogens with zero attached hydrogens (tertiary/aromatic N) is 2. The van der Waals surface area contributed by atoms with Crippen LogP contribution in [-0.2, 0) is 9.59 Å². The van der Waals surface area contributed by atoms with Crippen LogP contribution in [0.15, 0.2) is 29.3 Å². The van der Waals surface area contributed by atoms with Crippen molar-refractivity contribution in [3.05, 3.63) is 29.8 Å². The number of unbranched alkanes of at least 4 members (excludes halogenated alkanes) is 2. The minimum atomic E-state index is -0.982. The normalized spacial score (nSPS) is 20.1. The highest BCUT2D eigenvalue weighted by molar-refractivity contribution is 6.13. The summed E-state index contributed by atoms with van der Waals surface area (Å²) < 4.78 is 0. The number of carbonyl (C=O) groups is 2. The van der Waals surface area contributed by atoms with E-state index in [1.807, 2.05) is 24.3 Å². The van der Waals surface area contributed by atoms with Gasteiger partial charge in [-0.3, -0.25) is 14.6 Å². The lowest BCUT2D eigenvalue weighted by atomic mass is 9.87. The zero-order chi connectivity index (χ0) is 25.6. The van der Waals surface area contributed by atoms with Crippen LogP contribution in [0.3, 0.4) is 0 Å². The first-order valence-electron chi connectivity index (χ1n) is 13.6. The fourth-order valence-corrected chi connectivity index (χ4v) is 4.79. The van der Waals surface area contributed by atoms with Gasteiger partial charge in [-0.25, -0.2) is 0 Å². The first-order valence-corrected chi connectivity index (χ1v) is 13.6. The predicted octanol–water partition coefficient (Wildman–Crippen LogP) is 5.47. The Balaban J connectivity index is 1.94. The molecule has 2 N–H and O–H groups in total. The second-order valence-corrected chi connectivity index (χ2v) is 11.6. The number of aliphatic hydroxyl groups is 1. The van der Waals surface area contributed by atoms with Crippen molar-refractivity contribution in [3.63, 3.8) is 0 Å². The van der Waals surface area contributed by atoms with E-state index in [0.29, 0.717) is 31.7 Å². The van der Waals surface area contributed by atoms with Crippen LogP contribution < -0.4 is 10.2 Å². The van der Waals surface area contributed by atoms with Gasteiger partial charge in [-0.15, -0.1) is 0 Å². The average molecular weight is 484 g/mol. The molecule has 0 radical (unpaired) electrons. The van der Waals surface area contributed by atoms with Crippen LogP contribution in [0.1, 0.15) is 98.0 Å². The van der Waals surface area contributed by atoms with Crippen LogP contribution in [0.2, 0.25) is 0 Å². The van der Waals surface area contributed by atoms with E-state index in [9.17, 15) is 14.7 Å². The van der Waals surface area contributed by atoms with Gasteiger partial charge in [-0.2, -0.15) is 0 Å². The summed E-state index contributed by atoms with van der Waals surface area (Å²) in [6.45, 7) is 11.2. The zero-order valence-corrected chi connectivity index (χ0v) is 22.3. The number of carbonyl (C=O) groups excluding carboxylic acids is 2. The molecule has 1 aliphatic carbocycles. The molecule has 1 aliphatic heterocycles. The highest BCUT2D eigenvalue weighted by Gasteiger charge is 2.38. The first kappa shape index (κ1) is 27.4. The van der Waals surface area contributed by atoms with Crippen molar-refractivity contribution >= 4 is 23.2 Å². The van der Waals surface area contributed by atoms with E-state index < -0.39 is 18.2 Å². The molecule has 1 saturated carbocycles. The van der Waals surface area contributed by atoms with Crippen molar-refractivity contribution in [3.8, 4) is 0 Å². The molecule has 3 rings (SSSR count). The Labute approximate surface area is 211 Å². The Morgan fingerprint density at radius 2 is 1.86 bits per heavy atom. The summed E-state index contributed by atoms with van der Waals surface area (Å²) in [5, 5.41) is 13.8. The Kier molecular flexibility index (Phi) is 9.51. The summed E-state index contributed by atoms with van der Waals surface area (Å²) in [4.78, 5) is 34.0. The fraction of sp³-hybridized carbons (Fsp3) is 0.690. The zero-order valence-electron chi connectivity index (χ0n) is 22.3. The molecule has 2 aliphatic rings. The molecule has 1 fully saturated rings. The number of nitrogens with one attached hydrogen (secondary N) is 1. The van der Waals surface area contributed by atoms with Crippen molar-refractivity contribution in [2.24, 2.45) is 22.2 Å². The molecule has 0 saturated heterocycles. The Morgan fingerprint density at radius 3 is 2.49 bits per heavy atom. The van der Waals surface area contributed by atoms with Gasteiger partial charge < -0.3 is 15.3 Å². The molecular formula is C29H45N3O3. The van der Waals surface area contributed by atoms with Gasteiger partial charge in [-0.1, -0.05) is 84.9 Å². The summed E-state index contributed by atoms with van der Waals surface area (Å²) >= 11 is 0. The molecule has 35 heavy (non-hydrogen) atoms. The average Bonchev–Trinajstić information content (AvgIpc) is 3.64. The summed E-state index contributed by atoms with van der Waals surface area (Å²) in [5.41, 5.74) is 2.63. The number of aliphatic hydroxyl groups excluding tert-OH is 1. The number of hydrogen-bond acceptors (Lipinski definition) is 4. The molecule has 1 aromatic carbocycles. The van der Waals surface area contributed by atoms with E-state index in [-0.39, 0.29) is 17.2 Å². The molecule has 0 aromatic heterocycles. The van der Waals surface area contributed by atoms with Crippen LogP contribution in [0.5, 0.6) is 0 Å². The van der Waals surface area contributed by atoms with Gasteiger partial charge >= 0.3 is 0 Å². The highest BCUT2D eigenvalue weighted by Crippen LogP contribution is 2.37. The van der Waals surface area contributed by atoms with E-state index in [1.165, 1.54) is 0 Å². The van der Waals surface area contributed by atoms with Crippen molar-refractivity contribution in [2.75, 3.05) is 11.4 Å². The molecule has 2 amide bonds. The Morgan fingerprint density at radius 1 is 1.17 bits per heavy atom. The topological polar surface area (TPSA) is 82.0 Å². The second-order valence-electron chi connectivity index (χ2n) is 11.6. The van der Waals surface area contributed by atoms with Gasteiger partial charge in [0.2, 0.25) is 12.1 Å². The lowest BCUT2D eigenvalue weighted by Crippen LogP contribution is -2.50. The number of aliphatic imine (C=N–C) groups is 1. The number of benzodiazepines with no additional fused rings is 1. The monoisotopic (exact) mass is 483 g/mol. The summed E-state index contributed by atoms with van der Waals surface area (Å²) in [5.74, 6) is -0.453. The maximum Gasteiger partial charge on any atom is 0.272 e. The quantitative estimate of drug-likeness (QED) is 0.414. The Hall–Kier alpha value is -2.21. The summed E-state index contributed by atoms with van der Waals surface area (Å²) in [6.07, 6.45) is 6.21. The molecule has 0 unspecified atom stereocenters. The van der Waals surface area contributed by atoms with Gasteiger partial charge in [0.05, 0.1) is 17.7 Å². The molecule has 1 heterocycles. The van der Waals surface area contributed by atoms with Gasteiger partial charge in [-0.05, 0) is 43.1 Å². The number of hydrogen-bond donors (Lipinski definition) is 2. The van der Waals surface area contributed by atoms with E-state index >= 15 is 0 Å². The largest absolute Gasteiger partial charge is 0.392 e. The fourth-order valence-electron chi connectivity index (χ4n) is 4.79. The molecule has 6 nitrogen and oxygen atoms in total. The van der Waals surface area contributed by atoms with Crippen LogP contribution in [0, 0.1) is 17.3 Å². The third kappa shape index (κ3) is 7.63. The number of anilines is 1. The summed E-state index contributed by atoms with van der Waals surface area (Å²) in [7, 11) is 0. The predicted molar refractivity (Wildman–Crippen MR) is 143 cm³/mol. The minimum Gasteiger partial charge on any atom is -0.392 e. The number of para-hydroxylation sites is 1. The molecule has 6 heteroatoms.